The highest BCUT2D eigenvalue weighted by Crippen LogP contribution is 2.34. The number of halogens is 1. The van der Waals surface area contributed by atoms with E-state index in [2.05, 4.69) is 24.4 Å². The minimum atomic E-state index is -0.0718. The first-order chi connectivity index (χ1) is 9.24. The van der Waals surface area contributed by atoms with Gasteiger partial charge in [0.25, 0.3) is 0 Å². The molecular formula is C16H16ClNO. The molecule has 0 aromatic heterocycles. The Hall–Kier alpha value is -1.35. The number of hydrogen-bond acceptors (Lipinski definition) is 2. The van der Waals surface area contributed by atoms with E-state index in [1.165, 1.54) is 5.56 Å². The van der Waals surface area contributed by atoms with E-state index in [4.69, 9.17) is 16.3 Å². The molecule has 98 valence electrons. The van der Waals surface area contributed by atoms with E-state index in [0.29, 0.717) is 0 Å². The van der Waals surface area contributed by atoms with Gasteiger partial charge in [0.1, 0.15) is 12.3 Å². The Labute approximate surface area is 118 Å². The van der Waals surface area contributed by atoms with Gasteiger partial charge in [-0.25, -0.2) is 0 Å². The standard InChI is InChI=1S/C16H16ClNO/c1-11-15(12-5-3-2-4-6-12)19-16(18-11)13-7-9-14(17)10-8-13/h2-11,15-16,18H,1H3/t11-,15-,16-/m0/s1. The maximum Gasteiger partial charge on any atom is 0.135 e. The normalized spacial score (nSPS) is 26.5. The van der Waals surface area contributed by atoms with Crippen LogP contribution in [0.5, 0.6) is 0 Å². The van der Waals surface area contributed by atoms with Crippen molar-refractivity contribution < 1.29 is 4.74 Å². The lowest BCUT2D eigenvalue weighted by molar-refractivity contribution is 0.0363. The molecule has 2 aromatic rings. The molecule has 0 amide bonds. The predicted molar refractivity (Wildman–Crippen MR) is 77.1 cm³/mol. The highest BCUT2D eigenvalue weighted by molar-refractivity contribution is 6.30. The van der Waals surface area contributed by atoms with Gasteiger partial charge in [-0.15, -0.1) is 0 Å². The highest BCUT2D eigenvalue weighted by atomic mass is 35.5. The number of rotatable bonds is 2. The van der Waals surface area contributed by atoms with Gasteiger partial charge in [0.05, 0.1) is 0 Å². The molecule has 1 saturated heterocycles. The number of nitrogens with one attached hydrogen (secondary N) is 1. The Kier molecular flexibility index (Phi) is 3.56. The molecule has 0 spiro atoms. The molecule has 1 aliphatic heterocycles. The molecule has 3 atom stereocenters. The molecule has 19 heavy (non-hydrogen) atoms. The largest absolute Gasteiger partial charge is 0.350 e. The first kappa shape index (κ1) is 12.7. The molecule has 3 rings (SSSR count). The second-order valence-corrected chi connectivity index (χ2v) is 5.29. The highest BCUT2D eigenvalue weighted by Gasteiger charge is 2.33. The zero-order chi connectivity index (χ0) is 13.2. The van der Waals surface area contributed by atoms with E-state index in [9.17, 15) is 0 Å². The van der Waals surface area contributed by atoms with Crippen LogP contribution in [-0.4, -0.2) is 6.04 Å². The van der Waals surface area contributed by atoms with Crippen LogP contribution in [0.2, 0.25) is 5.02 Å². The molecular weight excluding hydrogens is 258 g/mol. The minimum absolute atomic E-state index is 0.0718. The Morgan fingerprint density at radius 3 is 2.32 bits per heavy atom. The van der Waals surface area contributed by atoms with Crippen molar-refractivity contribution in [3.8, 4) is 0 Å². The molecule has 0 bridgehead atoms. The van der Waals surface area contributed by atoms with Crippen molar-refractivity contribution in [3.05, 3.63) is 70.7 Å². The summed E-state index contributed by atoms with van der Waals surface area (Å²) in [4.78, 5) is 0. The monoisotopic (exact) mass is 273 g/mol. The molecule has 2 aromatic carbocycles. The lowest BCUT2D eigenvalue weighted by Gasteiger charge is -2.14. The van der Waals surface area contributed by atoms with Gasteiger partial charge in [-0.2, -0.15) is 0 Å². The van der Waals surface area contributed by atoms with Gasteiger partial charge in [0.2, 0.25) is 0 Å². The van der Waals surface area contributed by atoms with Crippen LogP contribution in [-0.2, 0) is 4.74 Å². The van der Waals surface area contributed by atoms with Crippen LogP contribution in [0.15, 0.2) is 54.6 Å². The Bertz CT molecular complexity index is 540. The van der Waals surface area contributed by atoms with Crippen molar-refractivity contribution in [1.82, 2.24) is 5.32 Å². The van der Waals surface area contributed by atoms with Crippen LogP contribution >= 0.6 is 11.6 Å². The molecule has 1 fully saturated rings. The second-order valence-electron chi connectivity index (χ2n) is 4.85. The summed E-state index contributed by atoms with van der Waals surface area (Å²) in [6.07, 6.45) is 0.0133. The van der Waals surface area contributed by atoms with Crippen LogP contribution in [0.1, 0.15) is 30.4 Å². The fourth-order valence-electron chi connectivity index (χ4n) is 2.45. The zero-order valence-corrected chi connectivity index (χ0v) is 11.5. The molecule has 1 N–H and O–H groups in total. The average molecular weight is 274 g/mol. The van der Waals surface area contributed by atoms with Crippen molar-refractivity contribution in [3.63, 3.8) is 0 Å². The topological polar surface area (TPSA) is 21.3 Å². The summed E-state index contributed by atoms with van der Waals surface area (Å²) in [6.45, 7) is 2.15. The van der Waals surface area contributed by atoms with Gasteiger partial charge < -0.3 is 4.74 Å². The van der Waals surface area contributed by atoms with Gasteiger partial charge in [0, 0.05) is 11.1 Å². The van der Waals surface area contributed by atoms with E-state index in [-0.39, 0.29) is 18.4 Å². The molecule has 3 heteroatoms. The van der Waals surface area contributed by atoms with Crippen LogP contribution in [0.4, 0.5) is 0 Å². The first-order valence-corrected chi connectivity index (χ1v) is 6.84. The van der Waals surface area contributed by atoms with E-state index in [1.54, 1.807) is 0 Å². The number of hydrogen-bond donors (Lipinski definition) is 1. The number of benzene rings is 2. The molecule has 1 heterocycles. The molecule has 0 saturated carbocycles. The van der Waals surface area contributed by atoms with Crippen molar-refractivity contribution >= 4 is 11.6 Å². The van der Waals surface area contributed by atoms with Gasteiger partial charge in [0.15, 0.2) is 0 Å². The van der Waals surface area contributed by atoms with Gasteiger partial charge in [-0.3, -0.25) is 5.32 Å². The van der Waals surface area contributed by atoms with Gasteiger partial charge in [-0.05, 0) is 30.2 Å². The van der Waals surface area contributed by atoms with Crippen molar-refractivity contribution in [1.29, 1.82) is 0 Å². The van der Waals surface area contributed by atoms with E-state index in [1.807, 2.05) is 42.5 Å². The summed E-state index contributed by atoms with van der Waals surface area (Å²) < 4.78 is 6.13. The second kappa shape index (κ2) is 5.33. The van der Waals surface area contributed by atoms with Crippen molar-refractivity contribution in [2.24, 2.45) is 0 Å². The quantitative estimate of drug-likeness (QED) is 0.890. The summed E-state index contributed by atoms with van der Waals surface area (Å²) in [5, 5.41) is 4.22. The van der Waals surface area contributed by atoms with E-state index >= 15 is 0 Å². The summed E-state index contributed by atoms with van der Waals surface area (Å²) in [6, 6.07) is 18.4. The van der Waals surface area contributed by atoms with Crippen LogP contribution < -0.4 is 5.32 Å². The third-order valence-corrected chi connectivity index (χ3v) is 3.70. The Morgan fingerprint density at radius 2 is 1.63 bits per heavy atom. The molecule has 2 nitrogen and oxygen atoms in total. The molecule has 0 radical (unpaired) electrons. The fourth-order valence-corrected chi connectivity index (χ4v) is 2.58. The smallest absolute Gasteiger partial charge is 0.135 e. The average Bonchev–Trinajstić information content (AvgIpc) is 2.83. The summed E-state index contributed by atoms with van der Waals surface area (Å²) in [5.74, 6) is 0. The predicted octanol–water partition coefficient (Wildman–Crippen LogP) is 4.09. The molecule has 0 aliphatic carbocycles. The van der Waals surface area contributed by atoms with Crippen LogP contribution in [0, 0.1) is 0 Å². The van der Waals surface area contributed by atoms with Gasteiger partial charge in [-0.1, -0.05) is 54.1 Å². The summed E-state index contributed by atoms with van der Waals surface area (Å²) in [7, 11) is 0. The fraction of sp³-hybridized carbons (Fsp3) is 0.250. The van der Waals surface area contributed by atoms with Crippen LogP contribution in [0.25, 0.3) is 0 Å². The molecule has 0 unspecified atom stereocenters. The van der Waals surface area contributed by atoms with Crippen molar-refractivity contribution in [2.75, 3.05) is 0 Å². The molecule has 1 aliphatic rings. The SMILES string of the molecule is C[C@@H]1N[C@H](c2ccc(Cl)cc2)O[C@@H]1c1ccccc1. The Balaban J connectivity index is 1.80. The first-order valence-electron chi connectivity index (χ1n) is 6.46. The lowest BCUT2D eigenvalue weighted by atomic mass is 10.0. The minimum Gasteiger partial charge on any atom is -0.350 e. The van der Waals surface area contributed by atoms with E-state index in [0.717, 1.165) is 10.6 Å². The third-order valence-electron chi connectivity index (χ3n) is 3.45. The van der Waals surface area contributed by atoms with Crippen molar-refractivity contribution in [2.45, 2.75) is 25.3 Å². The van der Waals surface area contributed by atoms with E-state index < -0.39 is 0 Å². The zero-order valence-electron chi connectivity index (χ0n) is 10.7. The Morgan fingerprint density at radius 1 is 0.947 bits per heavy atom. The third kappa shape index (κ3) is 2.66. The van der Waals surface area contributed by atoms with Gasteiger partial charge >= 0.3 is 0 Å². The summed E-state index contributed by atoms with van der Waals surface area (Å²) in [5.41, 5.74) is 2.31. The van der Waals surface area contributed by atoms with Crippen LogP contribution in [0.3, 0.4) is 0 Å². The number of ether oxygens (including phenoxy) is 1. The lowest BCUT2D eigenvalue weighted by Crippen LogP contribution is -2.23. The maximum atomic E-state index is 6.13. The maximum absolute atomic E-state index is 6.13. The summed E-state index contributed by atoms with van der Waals surface area (Å²) >= 11 is 5.91.